The molecule has 0 amide bonds. The molecule has 2 unspecified atom stereocenters. The molecule has 2 rings (SSSR count). The predicted octanol–water partition coefficient (Wildman–Crippen LogP) is 1.53. The standard InChI is InChI=1S/C15H24FN3O/c1-12(11-19-7-3-6-18(2)8-9-19)15(20)14-5-4-13(16)10-17-14/h4-5,10,12,15,20H,3,6-9,11H2,1-2H3. The average Bonchev–Trinajstić information content (AvgIpc) is 2.64. The average molecular weight is 281 g/mol. The Morgan fingerprint density at radius 3 is 2.80 bits per heavy atom. The number of nitrogens with zero attached hydrogens (tertiary/aromatic N) is 3. The summed E-state index contributed by atoms with van der Waals surface area (Å²) in [6, 6.07) is 2.91. The number of aliphatic hydroxyl groups excluding tert-OH is 1. The first-order chi connectivity index (χ1) is 9.56. The molecular weight excluding hydrogens is 257 g/mol. The fourth-order valence-electron chi connectivity index (χ4n) is 2.64. The molecule has 1 N–H and O–H groups in total. The number of rotatable bonds is 4. The minimum absolute atomic E-state index is 0.0800. The molecule has 5 heteroatoms. The zero-order chi connectivity index (χ0) is 14.5. The van der Waals surface area contributed by atoms with Gasteiger partial charge in [0.2, 0.25) is 0 Å². The molecule has 0 aliphatic carbocycles. The van der Waals surface area contributed by atoms with E-state index in [1.165, 1.54) is 6.07 Å². The topological polar surface area (TPSA) is 39.6 Å². The van der Waals surface area contributed by atoms with E-state index in [0.717, 1.165) is 45.3 Å². The van der Waals surface area contributed by atoms with Crippen LogP contribution in [-0.4, -0.2) is 59.7 Å². The van der Waals surface area contributed by atoms with Crippen molar-refractivity contribution in [1.82, 2.24) is 14.8 Å². The van der Waals surface area contributed by atoms with Gasteiger partial charge in [0.1, 0.15) is 5.82 Å². The van der Waals surface area contributed by atoms with Crippen LogP contribution in [0.5, 0.6) is 0 Å². The zero-order valence-corrected chi connectivity index (χ0v) is 12.3. The molecule has 4 nitrogen and oxygen atoms in total. The lowest BCUT2D eigenvalue weighted by Gasteiger charge is -2.26. The van der Waals surface area contributed by atoms with Gasteiger partial charge >= 0.3 is 0 Å². The predicted molar refractivity (Wildman–Crippen MR) is 76.9 cm³/mol. The van der Waals surface area contributed by atoms with Crippen molar-refractivity contribution in [3.05, 3.63) is 29.8 Å². The molecule has 2 atom stereocenters. The van der Waals surface area contributed by atoms with Crippen molar-refractivity contribution in [3.8, 4) is 0 Å². The van der Waals surface area contributed by atoms with E-state index in [1.54, 1.807) is 6.07 Å². The van der Waals surface area contributed by atoms with E-state index in [2.05, 4.69) is 21.8 Å². The fourth-order valence-corrected chi connectivity index (χ4v) is 2.64. The number of aromatic nitrogens is 1. The Kier molecular flexibility index (Phi) is 5.46. The fraction of sp³-hybridized carbons (Fsp3) is 0.667. The highest BCUT2D eigenvalue weighted by Crippen LogP contribution is 2.21. The largest absolute Gasteiger partial charge is 0.386 e. The number of pyridine rings is 1. The van der Waals surface area contributed by atoms with Crippen LogP contribution in [0.25, 0.3) is 0 Å². The normalized spacial score (nSPS) is 21.4. The Morgan fingerprint density at radius 1 is 1.30 bits per heavy atom. The molecule has 0 radical (unpaired) electrons. The molecule has 1 aromatic heterocycles. The second-order valence-corrected chi connectivity index (χ2v) is 5.78. The van der Waals surface area contributed by atoms with Gasteiger partial charge < -0.3 is 14.9 Å². The molecule has 1 aliphatic heterocycles. The summed E-state index contributed by atoms with van der Waals surface area (Å²) in [4.78, 5) is 8.70. The van der Waals surface area contributed by atoms with E-state index in [0.29, 0.717) is 5.69 Å². The van der Waals surface area contributed by atoms with Crippen LogP contribution in [0.15, 0.2) is 18.3 Å². The van der Waals surface area contributed by atoms with Crippen LogP contribution >= 0.6 is 0 Å². The second kappa shape index (κ2) is 7.11. The Balaban J connectivity index is 1.90. The first-order valence-corrected chi connectivity index (χ1v) is 7.26. The first-order valence-electron chi connectivity index (χ1n) is 7.26. The number of halogens is 1. The van der Waals surface area contributed by atoms with Crippen LogP contribution in [0.3, 0.4) is 0 Å². The minimum atomic E-state index is -0.642. The molecule has 1 aliphatic rings. The van der Waals surface area contributed by atoms with Gasteiger partial charge in [-0.3, -0.25) is 4.98 Å². The van der Waals surface area contributed by atoms with Crippen molar-refractivity contribution < 1.29 is 9.50 Å². The Bertz CT molecular complexity index is 412. The molecule has 112 valence electrons. The van der Waals surface area contributed by atoms with Gasteiger partial charge in [0, 0.05) is 25.6 Å². The summed E-state index contributed by atoms with van der Waals surface area (Å²) in [6.07, 6.45) is 1.68. The molecule has 1 aromatic rings. The Labute approximate surface area is 120 Å². The molecule has 20 heavy (non-hydrogen) atoms. The van der Waals surface area contributed by atoms with Crippen molar-refractivity contribution in [1.29, 1.82) is 0 Å². The number of likely N-dealkylation sites (N-methyl/N-ethyl adjacent to an activating group) is 1. The van der Waals surface area contributed by atoms with E-state index in [1.807, 2.05) is 6.92 Å². The SMILES string of the molecule is CC(CN1CCCN(C)CC1)C(O)c1ccc(F)cn1. The van der Waals surface area contributed by atoms with Gasteiger partial charge in [0.05, 0.1) is 18.0 Å². The summed E-state index contributed by atoms with van der Waals surface area (Å²) in [5.41, 5.74) is 0.547. The van der Waals surface area contributed by atoms with Crippen molar-refractivity contribution in [2.45, 2.75) is 19.4 Å². The van der Waals surface area contributed by atoms with E-state index in [4.69, 9.17) is 0 Å². The lowest BCUT2D eigenvalue weighted by atomic mass is 10.0. The molecule has 0 bridgehead atoms. The molecule has 0 spiro atoms. The van der Waals surface area contributed by atoms with Crippen molar-refractivity contribution in [2.75, 3.05) is 39.8 Å². The highest BCUT2D eigenvalue weighted by molar-refractivity contribution is 5.08. The first kappa shape index (κ1) is 15.4. The number of hydrogen-bond donors (Lipinski definition) is 1. The van der Waals surface area contributed by atoms with Crippen molar-refractivity contribution >= 4 is 0 Å². The third kappa shape index (κ3) is 4.23. The van der Waals surface area contributed by atoms with Crippen LogP contribution in [0.4, 0.5) is 4.39 Å². The lowest BCUT2D eigenvalue weighted by molar-refractivity contribution is 0.0857. The van der Waals surface area contributed by atoms with Crippen LogP contribution in [-0.2, 0) is 0 Å². The maximum atomic E-state index is 12.8. The quantitative estimate of drug-likeness (QED) is 0.908. The molecule has 0 aromatic carbocycles. The number of hydrogen-bond acceptors (Lipinski definition) is 4. The van der Waals surface area contributed by atoms with Gasteiger partial charge in [0.15, 0.2) is 0 Å². The summed E-state index contributed by atoms with van der Waals surface area (Å²) < 4.78 is 12.8. The summed E-state index contributed by atoms with van der Waals surface area (Å²) in [6.45, 7) is 7.16. The van der Waals surface area contributed by atoms with Gasteiger partial charge in [-0.05, 0) is 38.7 Å². The van der Waals surface area contributed by atoms with E-state index >= 15 is 0 Å². The maximum Gasteiger partial charge on any atom is 0.141 e. The van der Waals surface area contributed by atoms with Crippen LogP contribution in [0.2, 0.25) is 0 Å². The van der Waals surface area contributed by atoms with Gasteiger partial charge in [-0.15, -0.1) is 0 Å². The zero-order valence-electron chi connectivity index (χ0n) is 12.3. The van der Waals surface area contributed by atoms with Crippen molar-refractivity contribution in [2.24, 2.45) is 5.92 Å². The third-order valence-electron chi connectivity index (χ3n) is 3.95. The lowest BCUT2D eigenvalue weighted by Crippen LogP contribution is -2.34. The smallest absolute Gasteiger partial charge is 0.141 e. The van der Waals surface area contributed by atoms with Gasteiger partial charge in [-0.2, -0.15) is 0 Å². The Hall–Kier alpha value is -1.04. The summed E-state index contributed by atoms with van der Waals surface area (Å²) in [5.74, 6) is -0.291. The summed E-state index contributed by atoms with van der Waals surface area (Å²) >= 11 is 0. The molecule has 2 heterocycles. The molecular formula is C15H24FN3O. The second-order valence-electron chi connectivity index (χ2n) is 5.78. The third-order valence-corrected chi connectivity index (χ3v) is 3.95. The van der Waals surface area contributed by atoms with Crippen LogP contribution in [0, 0.1) is 11.7 Å². The monoisotopic (exact) mass is 281 g/mol. The van der Waals surface area contributed by atoms with Crippen LogP contribution in [0.1, 0.15) is 25.1 Å². The number of aliphatic hydroxyl groups is 1. The minimum Gasteiger partial charge on any atom is -0.386 e. The highest BCUT2D eigenvalue weighted by atomic mass is 19.1. The van der Waals surface area contributed by atoms with Crippen LogP contribution < -0.4 is 0 Å². The van der Waals surface area contributed by atoms with E-state index in [9.17, 15) is 9.50 Å². The van der Waals surface area contributed by atoms with E-state index < -0.39 is 6.10 Å². The summed E-state index contributed by atoms with van der Waals surface area (Å²) in [7, 11) is 2.14. The van der Waals surface area contributed by atoms with E-state index in [-0.39, 0.29) is 11.7 Å². The van der Waals surface area contributed by atoms with Gasteiger partial charge in [-0.1, -0.05) is 6.92 Å². The highest BCUT2D eigenvalue weighted by Gasteiger charge is 2.21. The van der Waals surface area contributed by atoms with Gasteiger partial charge in [-0.25, -0.2) is 4.39 Å². The maximum absolute atomic E-state index is 12.8. The molecule has 1 saturated heterocycles. The van der Waals surface area contributed by atoms with Gasteiger partial charge in [0.25, 0.3) is 0 Å². The molecule has 0 saturated carbocycles. The molecule has 1 fully saturated rings. The Morgan fingerprint density at radius 2 is 2.10 bits per heavy atom. The van der Waals surface area contributed by atoms with Crippen molar-refractivity contribution in [3.63, 3.8) is 0 Å². The summed E-state index contributed by atoms with van der Waals surface area (Å²) in [5, 5.41) is 10.3.